The van der Waals surface area contributed by atoms with Crippen LogP contribution in [-0.4, -0.2) is 24.2 Å². The van der Waals surface area contributed by atoms with E-state index in [1.54, 1.807) is 19.1 Å². The molecular formula is C15H15Cl2NO3S. The Morgan fingerprint density at radius 1 is 1.41 bits per heavy atom. The standard InChI is InChI=1S/C15H15Cl2NO3S/c1-15(20,13-3-2-6-22-13)9-18-14(19)8-21-12-5-4-10(16)7-11(12)17/h2-7,20H,8-9H2,1H3,(H,18,19). The molecule has 0 aliphatic rings. The maximum atomic E-state index is 11.8. The molecular weight excluding hydrogens is 345 g/mol. The van der Waals surface area contributed by atoms with Gasteiger partial charge in [0.15, 0.2) is 6.61 Å². The number of hydrogen-bond donors (Lipinski definition) is 2. The van der Waals surface area contributed by atoms with Crippen LogP contribution >= 0.6 is 34.5 Å². The fourth-order valence-corrected chi connectivity index (χ4v) is 2.98. The number of benzene rings is 1. The number of amides is 1. The molecule has 4 nitrogen and oxygen atoms in total. The highest BCUT2D eigenvalue weighted by molar-refractivity contribution is 7.10. The predicted octanol–water partition coefficient (Wildman–Crippen LogP) is 3.46. The van der Waals surface area contributed by atoms with Crippen LogP contribution in [0.3, 0.4) is 0 Å². The van der Waals surface area contributed by atoms with E-state index in [1.807, 2.05) is 17.5 Å². The van der Waals surface area contributed by atoms with Crippen molar-refractivity contribution in [2.75, 3.05) is 13.2 Å². The van der Waals surface area contributed by atoms with Gasteiger partial charge in [-0.15, -0.1) is 11.3 Å². The monoisotopic (exact) mass is 359 g/mol. The van der Waals surface area contributed by atoms with E-state index in [4.69, 9.17) is 27.9 Å². The van der Waals surface area contributed by atoms with Gasteiger partial charge in [0, 0.05) is 9.90 Å². The number of aliphatic hydroxyl groups is 1. The zero-order valence-electron chi connectivity index (χ0n) is 11.8. The molecule has 1 aromatic carbocycles. The molecule has 0 fully saturated rings. The normalized spacial score (nSPS) is 13.5. The molecule has 22 heavy (non-hydrogen) atoms. The Morgan fingerprint density at radius 3 is 2.82 bits per heavy atom. The molecule has 1 amide bonds. The first-order chi connectivity index (χ1) is 10.4. The number of ether oxygens (including phenoxy) is 1. The molecule has 7 heteroatoms. The average Bonchev–Trinajstić information content (AvgIpc) is 2.99. The summed E-state index contributed by atoms with van der Waals surface area (Å²) in [6.07, 6.45) is 0. The van der Waals surface area contributed by atoms with Crippen LogP contribution in [0.1, 0.15) is 11.8 Å². The fourth-order valence-electron chi connectivity index (χ4n) is 1.73. The smallest absolute Gasteiger partial charge is 0.258 e. The molecule has 0 radical (unpaired) electrons. The predicted molar refractivity (Wildman–Crippen MR) is 88.9 cm³/mol. The summed E-state index contributed by atoms with van der Waals surface area (Å²) in [4.78, 5) is 12.6. The summed E-state index contributed by atoms with van der Waals surface area (Å²) >= 11 is 13.2. The van der Waals surface area contributed by atoms with E-state index < -0.39 is 5.60 Å². The van der Waals surface area contributed by atoms with E-state index in [0.29, 0.717) is 15.8 Å². The lowest BCUT2D eigenvalue weighted by Crippen LogP contribution is -2.40. The summed E-state index contributed by atoms with van der Waals surface area (Å²) in [5.41, 5.74) is -1.11. The van der Waals surface area contributed by atoms with E-state index in [9.17, 15) is 9.90 Å². The molecule has 0 spiro atoms. The first-order valence-electron chi connectivity index (χ1n) is 6.49. The van der Waals surface area contributed by atoms with Gasteiger partial charge in [-0.05, 0) is 36.6 Å². The molecule has 118 valence electrons. The topological polar surface area (TPSA) is 58.6 Å². The highest BCUT2D eigenvalue weighted by atomic mass is 35.5. The van der Waals surface area contributed by atoms with Gasteiger partial charge in [-0.1, -0.05) is 29.3 Å². The average molecular weight is 360 g/mol. The quantitative estimate of drug-likeness (QED) is 0.830. The second-order valence-corrected chi connectivity index (χ2v) is 6.68. The lowest BCUT2D eigenvalue weighted by Gasteiger charge is -2.22. The Kier molecular flexibility index (Phi) is 5.69. The molecule has 0 aliphatic heterocycles. The lowest BCUT2D eigenvalue weighted by molar-refractivity contribution is -0.124. The molecule has 0 saturated carbocycles. The zero-order valence-corrected chi connectivity index (χ0v) is 14.1. The Morgan fingerprint density at radius 2 is 2.18 bits per heavy atom. The van der Waals surface area contributed by atoms with Gasteiger partial charge in [0.2, 0.25) is 0 Å². The third kappa shape index (κ3) is 4.61. The van der Waals surface area contributed by atoms with Crippen LogP contribution in [0, 0.1) is 0 Å². The highest BCUT2D eigenvalue weighted by Gasteiger charge is 2.24. The number of hydrogen-bond acceptors (Lipinski definition) is 4. The largest absolute Gasteiger partial charge is 0.482 e. The Bertz CT molecular complexity index is 644. The molecule has 1 atom stereocenters. The van der Waals surface area contributed by atoms with Crippen molar-refractivity contribution in [1.29, 1.82) is 0 Å². The van der Waals surface area contributed by atoms with Crippen molar-refractivity contribution in [3.05, 3.63) is 50.6 Å². The van der Waals surface area contributed by atoms with Crippen molar-refractivity contribution >= 4 is 40.4 Å². The van der Waals surface area contributed by atoms with Crippen molar-refractivity contribution in [2.24, 2.45) is 0 Å². The van der Waals surface area contributed by atoms with Crippen molar-refractivity contribution in [3.63, 3.8) is 0 Å². The van der Waals surface area contributed by atoms with Gasteiger partial charge in [-0.2, -0.15) is 0 Å². The number of carbonyl (C=O) groups is 1. The molecule has 2 aromatic rings. The summed E-state index contributed by atoms with van der Waals surface area (Å²) < 4.78 is 5.33. The van der Waals surface area contributed by atoms with Crippen LogP contribution in [0.2, 0.25) is 10.0 Å². The number of carbonyl (C=O) groups excluding carboxylic acids is 1. The maximum Gasteiger partial charge on any atom is 0.258 e. The number of thiophene rings is 1. The second kappa shape index (κ2) is 7.33. The van der Waals surface area contributed by atoms with Crippen molar-refractivity contribution in [2.45, 2.75) is 12.5 Å². The molecule has 1 unspecified atom stereocenters. The van der Waals surface area contributed by atoms with Gasteiger partial charge in [0.25, 0.3) is 5.91 Å². The van der Waals surface area contributed by atoms with Gasteiger partial charge in [-0.25, -0.2) is 0 Å². The van der Waals surface area contributed by atoms with Gasteiger partial charge in [0.1, 0.15) is 11.4 Å². The molecule has 0 aliphatic carbocycles. The summed E-state index contributed by atoms with van der Waals surface area (Å²) in [6.45, 7) is 1.56. The van der Waals surface area contributed by atoms with Gasteiger partial charge in [-0.3, -0.25) is 4.79 Å². The van der Waals surface area contributed by atoms with Crippen LogP contribution in [0.5, 0.6) is 5.75 Å². The number of rotatable bonds is 6. The first-order valence-corrected chi connectivity index (χ1v) is 8.13. The van der Waals surface area contributed by atoms with Crippen LogP contribution in [0.4, 0.5) is 0 Å². The van der Waals surface area contributed by atoms with Crippen LogP contribution in [0.25, 0.3) is 0 Å². The molecule has 2 rings (SSSR count). The maximum absolute atomic E-state index is 11.8. The van der Waals surface area contributed by atoms with E-state index in [2.05, 4.69) is 5.32 Å². The molecule has 1 heterocycles. The molecule has 2 N–H and O–H groups in total. The SMILES string of the molecule is CC(O)(CNC(=O)COc1ccc(Cl)cc1Cl)c1cccs1. The Labute approximate surface area is 142 Å². The second-order valence-electron chi connectivity index (χ2n) is 4.89. The lowest BCUT2D eigenvalue weighted by atomic mass is 10.1. The fraction of sp³-hybridized carbons (Fsp3) is 0.267. The van der Waals surface area contributed by atoms with Gasteiger partial charge < -0.3 is 15.2 Å². The van der Waals surface area contributed by atoms with E-state index in [-0.39, 0.29) is 19.1 Å². The summed E-state index contributed by atoms with van der Waals surface area (Å²) in [5, 5.41) is 15.6. The number of halogens is 2. The number of nitrogens with one attached hydrogen (secondary N) is 1. The zero-order chi connectivity index (χ0) is 16.2. The van der Waals surface area contributed by atoms with Gasteiger partial charge >= 0.3 is 0 Å². The highest BCUT2D eigenvalue weighted by Crippen LogP contribution is 2.27. The third-order valence-electron chi connectivity index (χ3n) is 2.93. The molecule has 1 aromatic heterocycles. The van der Waals surface area contributed by atoms with Crippen LogP contribution < -0.4 is 10.1 Å². The third-order valence-corrected chi connectivity index (χ3v) is 4.59. The van der Waals surface area contributed by atoms with Crippen LogP contribution in [-0.2, 0) is 10.4 Å². The van der Waals surface area contributed by atoms with Crippen molar-refractivity contribution < 1.29 is 14.6 Å². The summed E-state index contributed by atoms with van der Waals surface area (Å²) in [6, 6.07) is 8.43. The Hall–Kier alpha value is -1.27. The summed E-state index contributed by atoms with van der Waals surface area (Å²) in [7, 11) is 0. The summed E-state index contributed by atoms with van der Waals surface area (Å²) in [5.74, 6) is 0.0362. The van der Waals surface area contributed by atoms with E-state index in [0.717, 1.165) is 4.88 Å². The molecule has 0 bridgehead atoms. The Balaban J connectivity index is 1.83. The minimum atomic E-state index is -1.11. The molecule has 0 saturated heterocycles. The minimum absolute atomic E-state index is 0.101. The van der Waals surface area contributed by atoms with E-state index in [1.165, 1.54) is 17.4 Å². The van der Waals surface area contributed by atoms with Crippen molar-refractivity contribution in [1.82, 2.24) is 5.32 Å². The first kappa shape index (κ1) is 17.1. The van der Waals surface area contributed by atoms with Crippen LogP contribution in [0.15, 0.2) is 35.7 Å². The minimum Gasteiger partial charge on any atom is -0.482 e. The van der Waals surface area contributed by atoms with Gasteiger partial charge in [0.05, 0.1) is 11.6 Å². The van der Waals surface area contributed by atoms with Crippen molar-refractivity contribution in [3.8, 4) is 5.75 Å². The van der Waals surface area contributed by atoms with E-state index >= 15 is 0 Å².